The highest BCUT2D eigenvalue weighted by atomic mass is 16.2. The van der Waals surface area contributed by atoms with Crippen LogP contribution in [-0.4, -0.2) is 29.8 Å². The molecule has 2 aliphatic rings. The lowest BCUT2D eigenvalue weighted by Gasteiger charge is -2.28. The monoisotopic (exact) mass is 272 g/mol. The zero-order chi connectivity index (χ0) is 14.1. The molecule has 1 saturated heterocycles. The van der Waals surface area contributed by atoms with Gasteiger partial charge in [0.15, 0.2) is 0 Å². The largest absolute Gasteiger partial charge is 0.302 e. The molecule has 4 nitrogen and oxygen atoms in total. The molecule has 0 spiro atoms. The van der Waals surface area contributed by atoms with E-state index >= 15 is 0 Å². The minimum absolute atomic E-state index is 0.0798. The topological polar surface area (TPSA) is 49.4 Å². The first-order chi connectivity index (χ1) is 9.65. The zero-order valence-electron chi connectivity index (χ0n) is 11.8. The van der Waals surface area contributed by atoms with E-state index < -0.39 is 0 Å². The first-order valence-electron chi connectivity index (χ1n) is 7.28. The molecule has 2 amide bonds. The predicted molar refractivity (Wildman–Crippen MR) is 76.1 cm³/mol. The fourth-order valence-electron chi connectivity index (χ4n) is 2.72. The number of nitrogens with zero attached hydrogens (tertiary/aromatic N) is 1. The molecule has 0 bridgehead atoms. The smallest absolute Gasteiger partial charge is 0.246 e. The van der Waals surface area contributed by atoms with Crippen molar-refractivity contribution in [3.05, 3.63) is 35.4 Å². The van der Waals surface area contributed by atoms with Gasteiger partial charge in [-0.3, -0.25) is 14.5 Å². The summed E-state index contributed by atoms with van der Waals surface area (Å²) < 4.78 is 0. The van der Waals surface area contributed by atoms with Crippen LogP contribution in [0.15, 0.2) is 24.3 Å². The Balaban J connectivity index is 1.60. The molecule has 0 aromatic heterocycles. The van der Waals surface area contributed by atoms with Gasteiger partial charge in [-0.1, -0.05) is 24.3 Å². The number of likely N-dealkylation sites (N-methyl/N-ethyl adjacent to an activating group) is 1. The molecule has 1 aromatic carbocycles. The molecule has 1 atom stereocenters. The molecule has 20 heavy (non-hydrogen) atoms. The summed E-state index contributed by atoms with van der Waals surface area (Å²) >= 11 is 0. The van der Waals surface area contributed by atoms with Gasteiger partial charge in [-0.2, -0.15) is 0 Å². The Kier molecular flexibility index (Phi) is 3.57. The van der Waals surface area contributed by atoms with Gasteiger partial charge in [-0.25, -0.2) is 0 Å². The molecular weight excluding hydrogens is 252 g/mol. The number of carbonyl (C=O) groups is 2. The maximum absolute atomic E-state index is 12.0. The van der Waals surface area contributed by atoms with Crippen molar-refractivity contribution in [2.45, 2.75) is 44.2 Å². The van der Waals surface area contributed by atoms with Gasteiger partial charge in [0.1, 0.15) is 0 Å². The van der Waals surface area contributed by atoms with Crippen LogP contribution in [-0.2, 0) is 16.1 Å². The van der Waals surface area contributed by atoms with Crippen molar-refractivity contribution in [3.63, 3.8) is 0 Å². The maximum atomic E-state index is 12.0. The number of amides is 2. The quantitative estimate of drug-likeness (QED) is 0.850. The lowest BCUT2D eigenvalue weighted by atomic mass is 10.0. The van der Waals surface area contributed by atoms with Crippen LogP contribution < -0.4 is 5.32 Å². The van der Waals surface area contributed by atoms with Crippen LogP contribution in [0.25, 0.3) is 0 Å². The number of hydrogen-bond acceptors (Lipinski definition) is 3. The highest BCUT2D eigenvalue weighted by Crippen LogP contribution is 2.40. The molecule has 1 saturated carbocycles. The lowest BCUT2D eigenvalue weighted by molar-refractivity contribution is -0.148. The number of likely N-dealkylation sites (tertiary alicyclic amines) is 1. The number of piperidine rings is 1. The van der Waals surface area contributed by atoms with Gasteiger partial charge in [0, 0.05) is 20.0 Å². The van der Waals surface area contributed by atoms with E-state index in [1.807, 2.05) is 0 Å². The van der Waals surface area contributed by atoms with Crippen LogP contribution in [0, 0.1) is 0 Å². The van der Waals surface area contributed by atoms with E-state index in [-0.39, 0.29) is 17.9 Å². The molecule has 1 heterocycles. The number of hydrogen-bond donors (Lipinski definition) is 1. The SMILES string of the molecule is CN1C(=O)CCC(NCc2cccc(C3CC3)c2)C1=O. The van der Waals surface area contributed by atoms with Gasteiger partial charge in [0.05, 0.1) is 6.04 Å². The Morgan fingerprint density at radius 2 is 2.05 bits per heavy atom. The third-order valence-corrected chi connectivity index (χ3v) is 4.20. The van der Waals surface area contributed by atoms with Crippen LogP contribution in [0.1, 0.15) is 42.7 Å². The summed E-state index contributed by atoms with van der Waals surface area (Å²) in [6.45, 7) is 0.680. The number of benzene rings is 1. The second kappa shape index (κ2) is 5.37. The minimum Gasteiger partial charge on any atom is -0.302 e. The number of rotatable bonds is 4. The van der Waals surface area contributed by atoms with Crippen LogP contribution in [0.5, 0.6) is 0 Å². The van der Waals surface area contributed by atoms with Crippen LogP contribution in [0.3, 0.4) is 0 Å². The summed E-state index contributed by atoms with van der Waals surface area (Å²) in [6, 6.07) is 8.35. The first-order valence-corrected chi connectivity index (χ1v) is 7.28. The second-order valence-corrected chi connectivity index (χ2v) is 5.78. The third-order valence-electron chi connectivity index (χ3n) is 4.20. The number of imide groups is 1. The van der Waals surface area contributed by atoms with E-state index in [0.717, 1.165) is 5.92 Å². The van der Waals surface area contributed by atoms with Crippen molar-refractivity contribution < 1.29 is 9.59 Å². The molecule has 1 aromatic rings. The van der Waals surface area contributed by atoms with Gasteiger partial charge < -0.3 is 5.32 Å². The maximum Gasteiger partial charge on any atom is 0.246 e. The molecular formula is C16H20N2O2. The van der Waals surface area contributed by atoms with Crippen molar-refractivity contribution in [3.8, 4) is 0 Å². The van der Waals surface area contributed by atoms with Crippen molar-refractivity contribution >= 4 is 11.8 Å². The highest BCUT2D eigenvalue weighted by molar-refractivity contribution is 6.00. The van der Waals surface area contributed by atoms with Gasteiger partial charge in [0.25, 0.3) is 0 Å². The van der Waals surface area contributed by atoms with E-state index in [1.165, 1.54) is 28.9 Å². The van der Waals surface area contributed by atoms with Crippen LogP contribution in [0.4, 0.5) is 0 Å². The molecule has 2 fully saturated rings. The highest BCUT2D eigenvalue weighted by Gasteiger charge is 2.31. The van der Waals surface area contributed by atoms with Gasteiger partial charge in [-0.15, -0.1) is 0 Å². The average molecular weight is 272 g/mol. The van der Waals surface area contributed by atoms with E-state index in [9.17, 15) is 9.59 Å². The van der Waals surface area contributed by atoms with Crippen molar-refractivity contribution in [2.75, 3.05) is 7.05 Å². The van der Waals surface area contributed by atoms with E-state index in [4.69, 9.17) is 0 Å². The van der Waals surface area contributed by atoms with E-state index in [0.29, 0.717) is 19.4 Å². The Hall–Kier alpha value is -1.68. The van der Waals surface area contributed by atoms with Crippen LogP contribution >= 0.6 is 0 Å². The normalized spacial score (nSPS) is 23.2. The van der Waals surface area contributed by atoms with Crippen LogP contribution in [0.2, 0.25) is 0 Å². The van der Waals surface area contributed by atoms with Gasteiger partial charge in [-0.05, 0) is 36.3 Å². The second-order valence-electron chi connectivity index (χ2n) is 5.78. The Morgan fingerprint density at radius 3 is 2.80 bits per heavy atom. The summed E-state index contributed by atoms with van der Waals surface area (Å²) in [5.41, 5.74) is 2.62. The Bertz CT molecular complexity index is 537. The summed E-state index contributed by atoms with van der Waals surface area (Å²) in [5, 5.41) is 3.28. The lowest BCUT2D eigenvalue weighted by Crippen LogP contribution is -2.51. The van der Waals surface area contributed by atoms with Crippen molar-refractivity contribution in [1.29, 1.82) is 0 Å². The van der Waals surface area contributed by atoms with Gasteiger partial charge >= 0.3 is 0 Å². The van der Waals surface area contributed by atoms with E-state index in [1.54, 1.807) is 7.05 Å². The van der Waals surface area contributed by atoms with E-state index in [2.05, 4.69) is 29.6 Å². The molecule has 3 rings (SSSR count). The Labute approximate surface area is 119 Å². The molecule has 4 heteroatoms. The summed E-state index contributed by atoms with van der Waals surface area (Å²) in [7, 11) is 1.56. The molecule has 1 unspecified atom stereocenters. The molecule has 1 aliphatic carbocycles. The summed E-state index contributed by atoms with van der Waals surface area (Å²) in [5.74, 6) is 0.554. The van der Waals surface area contributed by atoms with Crippen molar-refractivity contribution in [1.82, 2.24) is 10.2 Å². The first kappa shape index (κ1) is 13.3. The number of nitrogens with one attached hydrogen (secondary N) is 1. The molecule has 0 radical (unpaired) electrons. The summed E-state index contributed by atoms with van der Waals surface area (Å²) in [6.07, 6.45) is 3.64. The Morgan fingerprint density at radius 1 is 1.25 bits per heavy atom. The van der Waals surface area contributed by atoms with Crippen molar-refractivity contribution in [2.24, 2.45) is 0 Å². The predicted octanol–water partition coefficient (Wildman–Crippen LogP) is 1.80. The van der Waals surface area contributed by atoms with Gasteiger partial charge in [0.2, 0.25) is 11.8 Å². The summed E-state index contributed by atoms with van der Waals surface area (Å²) in [4.78, 5) is 24.7. The number of carbonyl (C=O) groups excluding carboxylic acids is 2. The minimum atomic E-state index is -0.234. The molecule has 1 aliphatic heterocycles. The fourth-order valence-corrected chi connectivity index (χ4v) is 2.72. The molecule has 1 N–H and O–H groups in total. The fraction of sp³-hybridized carbons (Fsp3) is 0.500. The third kappa shape index (κ3) is 2.75. The standard InChI is InChI=1S/C16H20N2O2/c1-18-15(19)8-7-14(16(18)20)17-10-11-3-2-4-13(9-11)12-5-6-12/h2-4,9,12,14,17H,5-8,10H2,1H3. The zero-order valence-corrected chi connectivity index (χ0v) is 11.8. The average Bonchev–Trinajstić information content (AvgIpc) is 3.29. The molecule has 106 valence electrons.